The molecule has 3 aromatic carbocycles. The third kappa shape index (κ3) is 4.23. The molecule has 0 N–H and O–H groups in total. The molecule has 1 fully saturated rings. The van der Waals surface area contributed by atoms with E-state index in [9.17, 15) is 4.39 Å². The van der Waals surface area contributed by atoms with E-state index in [2.05, 4.69) is 12.1 Å². The second kappa shape index (κ2) is 8.10. The van der Waals surface area contributed by atoms with E-state index >= 15 is 0 Å². The van der Waals surface area contributed by atoms with Crippen molar-refractivity contribution in [3.8, 4) is 0 Å². The van der Waals surface area contributed by atoms with Gasteiger partial charge in [0.25, 0.3) is 0 Å². The highest BCUT2D eigenvalue weighted by atomic mass is 19.1. The molecule has 158 valence electrons. The summed E-state index contributed by atoms with van der Waals surface area (Å²) in [5.74, 6) is -0.257. The predicted octanol–water partition coefficient (Wildman–Crippen LogP) is 6.02. The van der Waals surface area contributed by atoms with Crippen molar-refractivity contribution in [2.75, 3.05) is 0 Å². The standard InChI is InChI=1S/C27H28BFO2/c1-19-15-16-21(29)18-23(19)24(17-20-11-7-6-8-12-20)22-13-9-10-14-25(22)28-30-26(2,3)27(4,5)31-28/h6-18H,1-5H3/b24-17-. The molecule has 1 aliphatic heterocycles. The quantitative estimate of drug-likeness (QED) is 0.384. The van der Waals surface area contributed by atoms with Crippen molar-refractivity contribution >= 4 is 24.2 Å². The molecule has 4 rings (SSSR count). The molecule has 0 aliphatic carbocycles. The molecule has 0 spiro atoms. The largest absolute Gasteiger partial charge is 0.495 e. The summed E-state index contributed by atoms with van der Waals surface area (Å²) in [6.07, 6.45) is 2.10. The van der Waals surface area contributed by atoms with Crippen LogP contribution in [0.1, 0.15) is 49.9 Å². The highest BCUT2D eigenvalue weighted by molar-refractivity contribution is 6.63. The minimum absolute atomic E-state index is 0.257. The summed E-state index contributed by atoms with van der Waals surface area (Å²) in [6, 6.07) is 23.1. The molecule has 0 unspecified atom stereocenters. The van der Waals surface area contributed by atoms with E-state index in [1.807, 2.05) is 89.2 Å². The molecule has 31 heavy (non-hydrogen) atoms. The van der Waals surface area contributed by atoms with Crippen molar-refractivity contribution < 1.29 is 13.7 Å². The summed E-state index contributed by atoms with van der Waals surface area (Å²) in [6.45, 7) is 10.2. The van der Waals surface area contributed by atoms with E-state index in [1.54, 1.807) is 6.07 Å². The van der Waals surface area contributed by atoms with Gasteiger partial charge >= 0.3 is 7.12 Å². The second-order valence-electron chi connectivity index (χ2n) is 9.10. The predicted molar refractivity (Wildman–Crippen MR) is 127 cm³/mol. The molecule has 0 atom stereocenters. The van der Waals surface area contributed by atoms with Crippen LogP contribution in [0.4, 0.5) is 4.39 Å². The molecule has 2 nitrogen and oxygen atoms in total. The highest BCUT2D eigenvalue weighted by Crippen LogP contribution is 2.38. The smallest absolute Gasteiger partial charge is 0.399 e. The Hall–Kier alpha value is -2.69. The Labute approximate surface area is 184 Å². The van der Waals surface area contributed by atoms with Crippen LogP contribution in [0.25, 0.3) is 11.6 Å². The summed E-state index contributed by atoms with van der Waals surface area (Å²) in [5, 5.41) is 0. The van der Waals surface area contributed by atoms with Gasteiger partial charge in [0, 0.05) is 0 Å². The van der Waals surface area contributed by atoms with Gasteiger partial charge in [-0.25, -0.2) is 4.39 Å². The number of benzene rings is 3. The fourth-order valence-electron chi connectivity index (χ4n) is 3.82. The summed E-state index contributed by atoms with van der Waals surface area (Å²) < 4.78 is 27.0. The van der Waals surface area contributed by atoms with Gasteiger partial charge in [-0.1, -0.05) is 60.7 Å². The summed E-state index contributed by atoms with van der Waals surface area (Å²) in [4.78, 5) is 0. The summed E-state index contributed by atoms with van der Waals surface area (Å²) in [5.41, 5.74) is 4.87. The molecule has 4 heteroatoms. The van der Waals surface area contributed by atoms with E-state index in [1.165, 1.54) is 6.07 Å². The fourth-order valence-corrected chi connectivity index (χ4v) is 3.82. The van der Waals surface area contributed by atoms with E-state index < -0.39 is 18.3 Å². The molecule has 1 heterocycles. The number of rotatable bonds is 4. The van der Waals surface area contributed by atoms with Crippen LogP contribution < -0.4 is 5.46 Å². The maximum absolute atomic E-state index is 14.3. The van der Waals surface area contributed by atoms with Crippen molar-refractivity contribution in [2.24, 2.45) is 0 Å². The van der Waals surface area contributed by atoms with Gasteiger partial charge in [0.05, 0.1) is 11.2 Å². The number of halogens is 1. The Morgan fingerprint density at radius 3 is 2.10 bits per heavy atom. The number of hydrogen-bond donors (Lipinski definition) is 0. The topological polar surface area (TPSA) is 18.5 Å². The van der Waals surface area contributed by atoms with Gasteiger partial charge in [0.15, 0.2) is 0 Å². The van der Waals surface area contributed by atoms with Crippen LogP contribution in [0, 0.1) is 12.7 Å². The zero-order valence-corrected chi connectivity index (χ0v) is 18.8. The lowest BCUT2D eigenvalue weighted by Gasteiger charge is -2.32. The molecule has 0 amide bonds. The molecule has 0 radical (unpaired) electrons. The van der Waals surface area contributed by atoms with Crippen molar-refractivity contribution in [1.29, 1.82) is 0 Å². The van der Waals surface area contributed by atoms with Gasteiger partial charge < -0.3 is 9.31 Å². The van der Waals surface area contributed by atoms with Crippen LogP contribution in [0.2, 0.25) is 0 Å². The van der Waals surface area contributed by atoms with Gasteiger partial charge in [-0.15, -0.1) is 0 Å². The normalized spacial score (nSPS) is 17.7. The minimum Gasteiger partial charge on any atom is -0.399 e. The van der Waals surface area contributed by atoms with Gasteiger partial charge in [-0.2, -0.15) is 0 Å². The van der Waals surface area contributed by atoms with E-state index in [4.69, 9.17) is 9.31 Å². The third-order valence-corrected chi connectivity index (χ3v) is 6.36. The Morgan fingerprint density at radius 1 is 0.806 bits per heavy atom. The average Bonchev–Trinajstić information content (AvgIpc) is 2.96. The van der Waals surface area contributed by atoms with Crippen molar-refractivity contribution in [1.82, 2.24) is 0 Å². The van der Waals surface area contributed by atoms with Crippen LogP contribution in [0.3, 0.4) is 0 Å². The first-order valence-corrected chi connectivity index (χ1v) is 10.7. The van der Waals surface area contributed by atoms with Gasteiger partial charge in [0.1, 0.15) is 5.82 Å². The summed E-state index contributed by atoms with van der Waals surface area (Å²) >= 11 is 0. The average molecular weight is 414 g/mol. The first-order valence-electron chi connectivity index (χ1n) is 10.7. The second-order valence-corrected chi connectivity index (χ2v) is 9.10. The number of aryl methyl sites for hydroxylation is 1. The van der Waals surface area contributed by atoms with Crippen molar-refractivity contribution in [3.63, 3.8) is 0 Å². The van der Waals surface area contributed by atoms with Crippen molar-refractivity contribution in [3.05, 3.63) is 101 Å². The summed E-state index contributed by atoms with van der Waals surface area (Å²) in [7, 11) is -0.505. The van der Waals surface area contributed by atoms with E-state index in [0.717, 1.165) is 33.3 Å². The first kappa shape index (κ1) is 21.5. The minimum atomic E-state index is -0.505. The Kier molecular flexibility index (Phi) is 5.63. The van der Waals surface area contributed by atoms with Crippen LogP contribution >= 0.6 is 0 Å². The van der Waals surface area contributed by atoms with Crippen LogP contribution in [0.15, 0.2) is 72.8 Å². The molecule has 0 saturated carbocycles. The monoisotopic (exact) mass is 414 g/mol. The molecule has 1 aliphatic rings. The van der Waals surface area contributed by atoms with Gasteiger partial charge in [-0.05, 0) is 86.1 Å². The number of hydrogen-bond acceptors (Lipinski definition) is 2. The highest BCUT2D eigenvalue weighted by Gasteiger charge is 2.52. The Balaban J connectivity index is 1.90. The SMILES string of the molecule is Cc1ccc(F)cc1/C(=C\c1ccccc1)c1ccccc1B1OC(C)(C)C(C)(C)O1. The van der Waals surface area contributed by atoms with Gasteiger partial charge in [-0.3, -0.25) is 0 Å². The fraction of sp³-hybridized carbons (Fsp3) is 0.259. The lowest BCUT2D eigenvalue weighted by molar-refractivity contribution is 0.00578. The van der Waals surface area contributed by atoms with Crippen LogP contribution in [-0.4, -0.2) is 18.3 Å². The van der Waals surface area contributed by atoms with Crippen LogP contribution in [0.5, 0.6) is 0 Å². The zero-order valence-electron chi connectivity index (χ0n) is 18.8. The molecule has 3 aromatic rings. The molecule has 0 bridgehead atoms. The van der Waals surface area contributed by atoms with E-state index in [0.29, 0.717) is 0 Å². The van der Waals surface area contributed by atoms with E-state index in [-0.39, 0.29) is 5.82 Å². The molecule has 0 aromatic heterocycles. The van der Waals surface area contributed by atoms with Crippen LogP contribution in [-0.2, 0) is 9.31 Å². The first-order chi connectivity index (χ1) is 14.7. The lowest BCUT2D eigenvalue weighted by Crippen LogP contribution is -2.41. The Morgan fingerprint density at radius 2 is 1.42 bits per heavy atom. The third-order valence-electron chi connectivity index (χ3n) is 6.36. The molecular weight excluding hydrogens is 386 g/mol. The zero-order chi connectivity index (χ0) is 22.2. The molecular formula is C27H28BFO2. The van der Waals surface area contributed by atoms with Crippen molar-refractivity contribution in [2.45, 2.75) is 45.8 Å². The molecule has 1 saturated heterocycles. The van der Waals surface area contributed by atoms with Gasteiger partial charge in [0.2, 0.25) is 0 Å². The Bertz CT molecular complexity index is 1100. The maximum Gasteiger partial charge on any atom is 0.495 e. The lowest BCUT2D eigenvalue weighted by atomic mass is 9.73. The maximum atomic E-state index is 14.3.